The van der Waals surface area contributed by atoms with Gasteiger partial charge >= 0.3 is 7.12 Å². The van der Waals surface area contributed by atoms with Gasteiger partial charge in [-0.2, -0.15) is 0 Å². The first kappa shape index (κ1) is 11.7. The topological polar surface area (TPSA) is 40.5 Å². The summed E-state index contributed by atoms with van der Waals surface area (Å²) in [5.74, 6) is -0.583. The molecule has 0 aliphatic carbocycles. The highest BCUT2D eigenvalue weighted by molar-refractivity contribution is 6.59. The van der Waals surface area contributed by atoms with Gasteiger partial charge in [0.1, 0.15) is 5.82 Å². The monoisotopic (exact) mass is 210 g/mol. The predicted octanol–water partition coefficient (Wildman–Crippen LogP) is 0.581. The Bertz CT molecular complexity index is 249. The first-order valence-corrected chi connectivity index (χ1v) is 3.29. The molecule has 0 aliphatic rings. The van der Waals surface area contributed by atoms with Crippen LogP contribution in [0.2, 0.25) is 5.02 Å². The maximum absolute atomic E-state index is 12.5. The van der Waals surface area contributed by atoms with Gasteiger partial charge in [-0.3, -0.25) is 0 Å². The Kier molecular flexibility index (Phi) is 4.56. The van der Waals surface area contributed by atoms with Crippen molar-refractivity contribution in [3.63, 3.8) is 0 Å². The quantitative estimate of drug-likeness (QED) is 0.666. The molecule has 1 aromatic rings. The minimum absolute atomic E-state index is 0. The van der Waals surface area contributed by atoms with E-state index >= 15 is 0 Å². The van der Waals surface area contributed by atoms with Crippen molar-refractivity contribution in [2.24, 2.45) is 0 Å². The molecule has 0 saturated heterocycles. The maximum Gasteiger partial charge on any atom is 0.488 e. The van der Waals surface area contributed by atoms with E-state index in [2.05, 4.69) is 0 Å². The van der Waals surface area contributed by atoms with Crippen LogP contribution in [0.25, 0.3) is 0 Å². The lowest BCUT2D eigenvalue weighted by Crippen LogP contribution is -2.29. The molecule has 1 aromatic carbocycles. The van der Waals surface area contributed by atoms with Crippen LogP contribution < -0.4 is 5.46 Å². The van der Waals surface area contributed by atoms with Gasteiger partial charge in [0.05, 0.1) is 0 Å². The Morgan fingerprint density at radius 3 is 2.25 bits per heavy atom. The average molecular weight is 211 g/mol. The van der Waals surface area contributed by atoms with Crippen LogP contribution in [-0.2, 0) is 0 Å². The molecule has 6 heteroatoms. The highest BCUT2D eigenvalue weighted by Crippen LogP contribution is 2.07. The van der Waals surface area contributed by atoms with Crippen molar-refractivity contribution in [3.05, 3.63) is 29.0 Å². The standard InChI is InChI=1S/C6H5BClFO2.ClH/c8-5-1-4(7(10)11)2-6(9)3-5;/h1-3,10-11H;1H. The number of hydrogen-bond acceptors (Lipinski definition) is 2. The summed E-state index contributed by atoms with van der Waals surface area (Å²) < 4.78 is 12.5. The average Bonchev–Trinajstić information content (AvgIpc) is 1.85. The molecule has 2 nitrogen and oxygen atoms in total. The maximum atomic E-state index is 12.5. The van der Waals surface area contributed by atoms with Gasteiger partial charge in [0, 0.05) is 5.02 Å². The zero-order valence-corrected chi connectivity index (χ0v) is 7.44. The van der Waals surface area contributed by atoms with E-state index in [-0.39, 0.29) is 22.9 Å². The Balaban J connectivity index is 0.00000121. The lowest BCUT2D eigenvalue weighted by molar-refractivity contribution is 0.425. The summed E-state index contributed by atoms with van der Waals surface area (Å²) >= 11 is 5.43. The molecule has 1 rings (SSSR count). The van der Waals surface area contributed by atoms with Crippen LogP contribution in [0, 0.1) is 5.82 Å². The van der Waals surface area contributed by atoms with Gasteiger partial charge in [0.15, 0.2) is 0 Å². The molecule has 12 heavy (non-hydrogen) atoms. The van der Waals surface area contributed by atoms with Crippen molar-refractivity contribution in [2.45, 2.75) is 0 Å². The first-order chi connectivity index (χ1) is 5.09. The molecule has 0 fully saturated rings. The molecular weight excluding hydrogens is 205 g/mol. The van der Waals surface area contributed by atoms with E-state index in [1.807, 2.05) is 0 Å². The predicted molar refractivity (Wildman–Crippen MR) is 48.5 cm³/mol. The number of rotatable bonds is 1. The molecule has 0 atom stereocenters. The van der Waals surface area contributed by atoms with Crippen LogP contribution in [0.15, 0.2) is 18.2 Å². The van der Waals surface area contributed by atoms with Crippen LogP contribution in [0.5, 0.6) is 0 Å². The highest BCUT2D eigenvalue weighted by Gasteiger charge is 2.12. The second-order valence-corrected chi connectivity index (χ2v) is 2.51. The summed E-state index contributed by atoms with van der Waals surface area (Å²) in [6, 6.07) is 3.39. The van der Waals surface area contributed by atoms with Crippen molar-refractivity contribution < 1.29 is 14.4 Å². The molecule has 0 aromatic heterocycles. The molecule has 2 N–H and O–H groups in total. The van der Waals surface area contributed by atoms with E-state index in [1.54, 1.807) is 0 Å². The third kappa shape index (κ3) is 2.99. The number of hydrogen-bond donors (Lipinski definition) is 2. The molecule has 0 amide bonds. The molecule has 0 saturated carbocycles. The highest BCUT2D eigenvalue weighted by atomic mass is 35.5. The molecule has 0 spiro atoms. The second kappa shape index (κ2) is 4.67. The summed E-state index contributed by atoms with van der Waals surface area (Å²) in [5, 5.41) is 17.4. The SMILES string of the molecule is Cl.OB(O)c1cc(F)cc(Cl)c1. The van der Waals surface area contributed by atoms with Gasteiger partial charge in [-0.1, -0.05) is 11.6 Å². The van der Waals surface area contributed by atoms with Crippen molar-refractivity contribution in [1.82, 2.24) is 0 Å². The third-order valence-electron chi connectivity index (χ3n) is 1.18. The van der Waals surface area contributed by atoms with E-state index in [4.69, 9.17) is 21.6 Å². The van der Waals surface area contributed by atoms with E-state index in [0.29, 0.717) is 0 Å². The summed E-state index contributed by atoms with van der Waals surface area (Å²) in [6.07, 6.45) is 0. The van der Waals surface area contributed by atoms with Crippen molar-refractivity contribution in [2.75, 3.05) is 0 Å². The Hall–Kier alpha value is -0.285. The Morgan fingerprint density at radius 2 is 1.83 bits per heavy atom. The van der Waals surface area contributed by atoms with Gasteiger partial charge < -0.3 is 10.0 Å². The van der Waals surface area contributed by atoms with E-state index < -0.39 is 12.9 Å². The zero-order valence-electron chi connectivity index (χ0n) is 5.87. The first-order valence-electron chi connectivity index (χ1n) is 2.92. The van der Waals surface area contributed by atoms with Crippen LogP contribution >= 0.6 is 24.0 Å². The van der Waals surface area contributed by atoms with Crippen LogP contribution in [-0.4, -0.2) is 17.2 Å². The zero-order chi connectivity index (χ0) is 8.43. The third-order valence-corrected chi connectivity index (χ3v) is 1.40. The van der Waals surface area contributed by atoms with Crippen molar-refractivity contribution in [1.29, 1.82) is 0 Å². The molecule has 0 heterocycles. The molecule has 0 unspecified atom stereocenters. The minimum Gasteiger partial charge on any atom is -0.423 e. The fourth-order valence-electron chi connectivity index (χ4n) is 0.724. The largest absolute Gasteiger partial charge is 0.488 e. The summed E-state index contributed by atoms with van der Waals surface area (Å²) in [7, 11) is -1.68. The normalized spacial score (nSPS) is 9.00. The van der Waals surface area contributed by atoms with Gasteiger partial charge in [-0.05, 0) is 23.7 Å². The van der Waals surface area contributed by atoms with Crippen molar-refractivity contribution in [3.8, 4) is 0 Å². The van der Waals surface area contributed by atoms with Crippen LogP contribution in [0.3, 0.4) is 0 Å². The van der Waals surface area contributed by atoms with Gasteiger partial charge in [0.2, 0.25) is 0 Å². The molecular formula is C6H6BCl2FO2. The van der Waals surface area contributed by atoms with Gasteiger partial charge in [0.25, 0.3) is 0 Å². The van der Waals surface area contributed by atoms with Crippen LogP contribution in [0.4, 0.5) is 4.39 Å². The van der Waals surface area contributed by atoms with E-state index in [1.165, 1.54) is 6.07 Å². The lowest BCUT2D eigenvalue weighted by Gasteiger charge is -1.99. The minimum atomic E-state index is -1.68. The van der Waals surface area contributed by atoms with Crippen LogP contribution in [0.1, 0.15) is 0 Å². The fraction of sp³-hybridized carbons (Fsp3) is 0. The Labute approximate surface area is 80.5 Å². The number of benzene rings is 1. The summed E-state index contributed by atoms with van der Waals surface area (Å²) in [4.78, 5) is 0. The van der Waals surface area contributed by atoms with Crippen molar-refractivity contribution >= 4 is 36.6 Å². The molecule has 66 valence electrons. The lowest BCUT2D eigenvalue weighted by atomic mass is 9.80. The summed E-state index contributed by atoms with van der Waals surface area (Å²) in [5.41, 5.74) is 0.0509. The smallest absolute Gasteiger partial charge is 0.423 e. The Morgan fingerprint density at radius 1 is 1.25 bits per heavy atom. The van der Waals surface area contributed by atoms with E-state index in [9.17, 15) is 4.39 Å². The second-order valence-electron chi connectivity index (χ2n) is 2.08. The fourth-order valence-corrected chi connectivity index (χ4v) is 0.954. The number of halogens is 3. The van der Waals surface area contributed by atoms with Gasteiger partial charge in [-0.25, -0.2) is 4.39 Å². The van der Waals surface area contributed by atoms with Gasteiger partial charge in [-0.15, -0.1) is 12.4 Å². The molecule has 0 aliphatic heterocycles. The summed E-state index contributed by atoms with van der Waals surface area (Å²) in [6.45, 7) is 0. The molecule has 0 bridgehead atoms. The molecule has 0 radical (unpaired) electrons. The van der Waals surface area contributed by atoms with E-state index in [0.717, 1.165) is 12.1 Å².